The van der Waals surface area contributed by atoms with Crippen LogP contribution in [0.2, 0.25) is 0 Å². The molecule has 1 aromatic heterocycles. The van der Waals surface area contributed by atoms with Crippen LogP contribution in [0.25, 0.3) is 0 Å². The minimum atomic E-state index is -3.63. The van der Waals surface area contributed by atoms with Gasteiger partial charge in [0.1, 0.15) is 0 Å². The van der Waals surface area contributed by atoms with Crippen LogP contribution in [0.3, 0.4) is 0 Å². The first-order valence-electron chi connectivity index (χ1n) is 10.3. The van der Waals surface area contributed by atoms with Crippen molar-refractivity contribution in [3.05, 3.63) is 77.7 Å². The lowest BCUT2D eigenvalue weighted by Gasteiger charge is -2.14. The predicted octanol–water partition coefficient (Wildman–Crippen LogP) is 2.66. The number of likely N-dealkylation sites (N-methyl/N-ethyl adjacent to an activating group) is 1. The minimum absolute atomic E-state index is 0.0615. The van der Waals surface area contributed by atoms with Crippen molar-refractivity contribution in [1.82, 2.24) is 10.2 Å². The molecule has 2 amide bonds. The second kappa shape index (κ2) is 10.9. The lowest BCUT2D eigenvalue weighted by molar-refractivity contribution is -0.130. The van der Waals surface area contributed by atoms with Gasteiger partial charge in [0.15, 0.2) is 33.7 Å². The topological polar surface area (TPSA) is 115 Å². The average molecular weight is 487 g/mol. The van der Waals surface area contributed by atoms with Crippen LogP contribution in [-0.2, 0) is 26.9 Å². The van der Waals surface area contributed by atoms with Gasteiger partial charge in [0.05, 0.1) is 24.0 Å². The van der Waals surface area contributed by atoms with Gasteiger partial charge in [0, 0.05) is 26.2 Å². The molecule has 0 aliphatic rings. The maximum Gasteiger partial charge on any atom is 0.287 e. The summed E-state index contributed by atoms with van der Waals surface area (Å²) in [7, 11) is 1.11. The Bertz CT molecular complexity index is 1250. The molecule has 0 aliphatic carbocycles. The van der Waals surface area contributed by atoms with Crippen molar-refractivity contribution >= 4 is 21.7 Å². The summed E-state index contributed by atoms with van der Waals surface area (Å²) >= 11 is 0. The number of furan rings is 1. The van der Waals surface area contributed by atoms with E-state index in [9.17, 15) is 18.0 Å². The summed E-state index contributed by atoms with van der Waals surface area (Å²) in [6, 6.07) is 14.5. The van der Waals surface area contributed by atoms with E-state index in [1.807, 2.05) is 0 Å². The Kier molecular flexibility index (Phi) is 7.95. The van der Waals surface area contributed by atoms with E-state index in [4.69, 9.17) is 13.9 Å². The van der Waals surface area contributed by atoms with Crippen LogP contribution >= 0.6 is 0 Å². The average Bonchev–Trinajstić information content (AvgIpc) is 3.29. The van der Waals surface area contributed by atoms with Crippen LogP contribution in [0.5, 0.6) is 11.5 Å². The second-order valence-corrected chi connectivity index (χ2v) is 9.58. The molecular formula is C24H26N2O7S. The minimum Gasteiger partial charge on any atom is -0.493 e. The van der Waals surface area contributed by atoms with Gasteiger partial charge >= 0.3 is 0 Å². The number of methoxy groups -OCH3 is 1. The van der Waals surface area contributed by atoms with E-state index >= 15 is 0 Å². The summed E-state index contributed by atoms with van der Waals surface area (Å²) in [5.41, 5.74) is 0.981. The molecule has 0 unspecified atom stereocenters. The summed E-state index contributed by atoms with van der Waals surface area (Å²) < 4.78 is 41.4. The van der Waals surface area contributed by atoms with Gasteiger partial charge in [-0.05, 0) is 35.9 Å². The third-order valence-electron chi connectivity index (χ3n) is 4.93. The summed E-state index contributed by atoms with van der Waals surface area (Å²) in [6.07, 6.45) is 1.29. The maximum absolute atomic E-state index is 12.7. The largest absolute Gasteiger partial charge is 0.493 e. The van der Waals surface area contributed by atoms with Crippen LogP contribution in [-0.4, -0.2) is 52.9 Å². The van der Waals surface area contributed by atoms with Gasteiger partial charge in [-0.15, -0.1) is 0 Å². The molecule has 180 valence electrons. The van der Waals surface area contributed by atoms with Gasteiger partial charge in [0.2, 0.25) is 0 Å². The number of hydrogen-bond donors (Lipinski definition) is 1. The van der Waals surface area contributed by atoms with E-state index in [0.29, 0.717) is 17.1 Å². The summed E-state index contributed by atoms with van der Waals surface area (Å²) in [4.78, 5) is 26.0. The number of ether oxygens (including phenoxy) is 2. The molecule has 0 atom stereocenters. The molecule has 0 fully saturated rings. The number of carbonyl (C=O) groups excluding carboxylic acids is 2. The van der Waals surface area contributed by atoms with Crippen molar-refractivity contribution in [3.8, 4) is 11.5 Å². The number of hydrogen-bond acceptors (Lipinski definition) is 7. The molecule has 0 spiro atoms. The molecule has 1 heterocycles. The molecule has 0 radical (unpaired) electrons. The monoisotopic (exact) mass is 486 g/mol. The molecule has 0 aliphatic heterocycles. The van der Waals surface area contributed by atoms with Crippen LogP contribution in [0.4, 0.5) is 0 Å². The molecule has 1 N–H and O–H groups in total. The maximum atomic E-state index is 12.7. The van der Waals surface area contributed by atoms with Crippen LogP contribution in [0.15, 0.2) is 70.2 Å². The predicted molar refractivity (Wildman–Crippen MR) is 124 cm³/mol. The SMILES string of the molecule is COc1cc(CNC(=O)c2occc2CS(=O)(=O)c2ccccc2)ccc1OCC(=O)N(C)C. The summed E-state index contributed by atoms with van der Waals surface area (Å²) in [6.45, 7) is 0.00425. The highest BCUT2D eigenvalue weighted by atomic mass is 32.2. The number of nitrogens with zero attached hydrogens (tertiary/aromatic N) is 1. The molecule has 0 saturated heterocycles. The zero-order chi connectivity index (χ0) is 24.7. The van der Waals surface area contributed by atoms with Gasteiger partial charge in [-0.25, -0.2) is 8.42 Å². The quantitative estimate of drug-likeness (QED) is 0.468. The number of rotatable bonds is 10. The lowest BCUT2D eigenvalue weighted by Crippen LogP contribution is -2.27. The molecule has 3 rings (SSSR count). The highest BCUT2D eigenvalue weighted by Crippen LogP contribution is 2.28. The number of sulfone groups is 1. The van der Waals surface area contributed by atoms with E-state index in [1.165, 1.54) is 36.5 Å². The Hall–Kier alpha value is -3.79. The Balaban J connectivity index is 1.65. The van der Waals surface area contributed by atoms with E-state index < -0.39 is 15.7 Å². The fourth-order valence-corrected chi connectivity index (χ4v) is 4.41. The zero-order valence-corrected chi connectivity index (χ0v) is 19.9. The van der Waals surface area contributed by atoms with Crippen molar-refractivity contribution in [3.63, 3.8) is 0 Å². The molecular weight excluding hydrogens is 460 g/mol. The highest BCUT2D eigenvalue weighted by molar-refractivity contribution is 7.90. The van der Waals surface area contributed by atoms with Crippen LogP contribution < -0.4 is 14.8 Å². The van der Waals surface area contributed by atoms with Crippen molar-refractivity contribution < 1.29 is 31.9 Å². The van der Waals surface area contributed by atoms with Crippen molar-refractivity contribution in [2.75, 3.05) is 27.8 Å². The fraction of sp³-hybridized carbons (Fsp3) is 0.250. The number of amides is 2. The van der Waals surface area contributed by atoms with Gasteiger partial charge in [0.25, 0.3) is 11.8 Å². The lowest BCUT2D eigenvalue weighted by atomic mass is 10.2. The summed E-state index contributed by atoms with van der Waals surface area (Å²) in [5.74, 6) is -0.352. The van der Waals surface area contributed by atoms with Crippen LogP contribution in [0, 0.1) is 0 Å². The molecule has 0 bridgehead atoms. The van der Waals surface area contributed by atoms with E-state index in [-0.39, 0.29) is 41.0 Å². The normalized spacial score (nSPS) is 11.0. The molecule has 10 heteroatoms. The molecule has 2 aromatic carbocycles. The Morgan fingerprint density at radius 1 is 1.03 bits per heavy atom. The van der Waals surface area contributed by atoms with Crippen LogP contribution in [0.1, 0.15) is 21.7 Å². The molecule has 3 aromatic rings. The van der Waals surface area contributed by atoms with Gasteiger partial charge in [-0.2, -0.15) is 0 Å². The van der Waals surface area contributed by atoms with E-state index in [2.05, 4.69) is 5.32 Å². The Labute approximate surface area is 198 Å². The fourth-order valence-electron chi connectivity index (χ4n) is 3.04. The molecule has 34 heavy (non-hydrogen) atoms. The first-order valence-corrected chi connectivity index (χ1v) is 12.0. The zero-order valence-electron chi connectivity index (χ0n) is 19.1. The standard InChI is InChI=1S/C24H26N2O7S/c1-26(2)22(27)15-33-20-10-9-17(13-21(20)31-3)14-25-24(28)23-18(11-12-32-23)16-34(29,30)19-7-5-4-6-8-19/h4-13H,14-16H2,1-3H3,(H,25,28). The number of carbonyl (C=O) groups is 2. The number of benzene rings is 2. The van der Waals surface area contributed by atoms with E-state index in [1.54, 1.807) is 50.5 Å². The third-order valence-corrected chi connectivity index (χ3v) is 6.61. The Morgan fingerprint density at radius 2 is 1.76 bits per heavy atom. The van der Waals surface area contributed by atoms with Gasteiger partial charge < -0.3 is 24.1 Å². The highest BCUT2D eigenvalue weighted by Gasteiger charge is 2.22. The second-order valence-electron chi connectivity index (χ2n) is 7.59. The Morgan fingerprint density at radius 3 is 2.44 bits per heavy atom. The van der Waals surface area contributed by atoms with Gasteiger partial charge in [-0.3, -0.25) is 9.59 Å². The first kappa shape index (κ1) is 24.8. The number of nitrogens with one attached hydrogen (secondary N) is 1. The molecule has 0 saturated carbocycles. The first-order chi connectivity index (χ1) is 16.2. The van der Waals surface area contributed by atoms with Crippen molar-refractivity contribution in [2.45, 2.75) is 17.2 Å². The summed E-state index contributed by atoms with van der Waals surface area (Å²) in [5, 5.41) is 2.72. The van der Waals surface area contributed by atoms with E-state index in [0.717, 1.165) is 0 Å². The van der Waals surface area contributed by atoms with Crippen molar-refractivity contribution in [2.24, 2.45) is 0 Å². The molecule has 9 nitrogen and oxygen atoms in total. The smallest absolute Gasteiger partial charge is 0.287 e. The van der Waals surface area contributed by atoms with Gasteiger partial charge in [-0.1, -0.05) is 24.3 Å². The third kappa shape index (κ3) is 6.16. The van der Waals surface area contributed by atoms with Crippen molar-refractivity contribution in [1.29, 1.82) is 0 Å².